The molecule has 0 aromatic heterocycles. The van der Waals surface area contributed by atoms with Gasteiger partial charge in [0.25, 0.3) is 0 Å². The van der Waals surface area contributed by atoms with Crippen molar-refractivity contribution in [1.82, 2.24) is 5.48 Å². The maximum Gasteiger partial charge on any atom is 0.119 e. The topological polar surface area (TPSA) is 45.0 Å². The standard InChI is InChI=1S/C11H10N2O/c12-7-6-10-8-11(13-14-10)9-4-2-1-3-5-9/h1-5,8,10,13H,6H2. The van der Waals surface area contributed by atoms with Crippen LogP contribution < -0.4 is 5.48 Å². The molecule has 1 aliphatic rings. The van der Waals surface area contributed by atoms with Gasteiger partial charge in [-0.15, -0.1) is 0 Å². The summed E-state index contributed by atoms with van der Waals surface area (Å²) >= 11 is 0. The molecule has 0 aliphatic carbocycles. The van der Waals surface area contributed by atoms with Crippen molar-refractivity contribution in [3.63, 3.8) is 0 Å². The number of hydroxylamine groups is 1. The van der Waals surface area contributed by atoms with Gasteiger partial charge in [0.05, 0.1) is 18.2 Å². The first-order valence-electron chi connectivity index (χ1n) is 4.46. The summed E-state index contributed by atoms with van der Waals surface area (Å²) < 4.78 is 0. The molecule has 0 saturated carbocycles. The molecule has 0 spiro atoms. The van der Waals surface area contributed by atoms with E-state index >= 15 is 0 Å². The van der Waals surface area contributed by atoms with E-state index in [-0.39, 0.29) is 6.10 Å². The lowest BCUT2D eigenvalue weighted by Crippen LogP contribution is -2.11. The van der Waals surface area contributed by atoms with Crippen LogP contribution >= 0.6 is 0 Å². The van der Waals surface area contributed by atoms with Crippen molar-refractivity contribution in [2.45, 2.75) is 12.5 Å². The molecule has 3 heteroatoms. The number of hydrogen-bond donors (Lipinski definition) is 1. The van der Waals surface area contributed by atoms with E-state index < -0.39 is 0 Å². The van der Waals surface area contributed by atoms with Gasteiger partial charge in [0.2, 0.25) is 0 Å². The fourth-order valence-electron chi connectivity index (χ4n) is 1.36. The van der Waals surface area contributed by atoms with Crippen LogP contribution in [0.5, 0.6) is 0 Å². The second-order valence-corrected chi connectivity index (χ2v) is 3.07. The molecule has 0 bridgehead atoms. The van der Waals surface area contributed by atoms with Gasteiger partial charge in [0.15, 0.2) is 0 Å². The maximum absolute atomic E-state index is 8.50. The lowest BCUT2D eigenvalue weighted by atomic mass is 10.1. The van der Waals surface area contributed by atoms with Gasteiger partial charge in [0, 0.05) is 0 Å². The molecule has 0 amide bonds. The van der Waals surface area contributed by atoms with Crippen LogP contribution in [0.25, 0.3) is 5.70 Å². The van der Waals surface area contributed by atoms with E-state index in [2.05, 4.69) is 11.5 Å². The van der Waals surface area contributed by atoms with Crippen LogP contribution in [0, 0.1) is 11.3 Å². The summed E-state index contributed by atoms with van der Waals surface area (Å²) in [5.74, 6) is 0. The Morgan fingerprint density at radius 1 is 1.36 bits per heavy atom. The number of benzene rings is 1. The monoisotopic (exact) mass is 186 g/mol. The summed E-state index contributed by atoms with van der Waals surface area (Å²) in [4.78, 5) is 5.20. The van der Waals surface area contributed by atoms with E-state index in [0.717, 1.165) is 11.3 Å². The molecule has 1 aliphatic heterocycles. The smallest absolute Gasteiger partial charge is 0.119 e. The maximum atomic E-state index is 8.50. The lowest BCUT2D eigenvalue weighted by Gasteiger charge is -2.02. The third-order valence-electron chi connectivity index (χ3n) is 2.05. The van der Waals surface area contributed by atoms with Crippen molar-refractivity contribution < 1.29 is 4.84 Å². The molecule has 70 valence electrons. The molecule has 1 aromatic carbocycles. The minimum Gasteiger partial charge on any atom is -0.267 e. The largest absolute Gasteiger partial charge is 0.267 e. The zero-order valence-corrected chi connectivity index (χ0v) is 7.60. The quantitative estimate of drug-likeness (QED) is 0.766. The molecular formula is C11H10N2O. The highest BCUT2D eigenvalue weighted by Gasteiger charge is 2.16. The van der Waals surface area contributed by atoms with Crippen LogP contribution in [-0.4, -0.2) is 6.10 Å². The van der Waals surface area contributed by atoms with Crippen molar-refractivity contribution in [3.05, 3.63) is 42.0 Å². The Labute approximate surface area is 82.6 Å². The molecule has 1 unspecified atom stereocenters. The first-order chi connectivity index (χ1) is 6.90. The number of nitrogens with zero attached hydrogens (tertiary/aromatic N) is 1. The molecule has 1 heterocycles. The highest BCUT2D eigenvalue weighted by atomic mass is 16.7. The van der Waals surface area contributed by atoms with E-state index in [4.69, 9.17) is 10.1 Å². The first kappa shape index (κ1) is 8.79. The Morgan fingerprint density at radius 3 is 2.86 bits per heavy atom. The Kier molecular flexibility index (Phi) is 2.48. The molecule has 1 atom stereocenters. The van der Waals surface area contributed by atoms with Gasteiger partial charge in [0.1, 0.15) is 6.10 Å². The molecule has 3 nitrogen and oxygen atoms in total. The van der Waals surface area contributed by atoms with Crippen LogP contribution in [0.3, 0.4) is 0 Å². The van der Waals surface area contributed by atoms with E-state index in [1.54, 1.807) is 0 Å². The molecule has 0 fully saturated rings. The van der Waals surface area contributed by atoms with Gasteiger partial charge >= 0.3 is 0 Å². The summed E-state index contributed by atoms with van der Waals surface area (Å²) in [5.41, 5.74) is 4.83. The van der Waals surface area contributed by atoms with Crippen LogP contribution in [0.2, 0.25) is 0 Å². The Morgan fingerprint density at radius 2 is 2.14 bits per heavy atom. The second kappa shape index (κ2) is 3.95. The van der Waals surface area contributed by atoms with Crippen LogP contribution in [0.1, 0.15) is 12.0 Å². The van der Waals surface area contributed by atoms with Crippen LogP contribution in [-0.2, 0) is 4.84 Å². The normalized spacial score (nSPS) is 19.6. The Hall–Kier alpha value is -1.79. The first-order valence-corrected chi connectivity index (χ1v) is 4.46. The predicted molar refractivity (Wildman–Crippen MR) is 52.7 cm³/mol. The highest BCUT2D eigenvalue weighted by molar-refractivity contribution is 5.64. The zero-order chi connectivity index (χ0) is 9.80. The molecule has 2 rings (SSSR count). The molecule has 1 aromatic rings. The number of nitriles is 1. The second-order valence-electron chi connectivity index (χ2n) is 3.07. The summed E-state index contributed by atoms with van der Waals surface area (Å²) in [5, 5.41) is 8.50. The SMILES string of the molecule is N#CCC1C=C(c2ccccc2)NO1. The summed E-state index contributed by atoms with van der Waals surface area (Å²) in [6, 6.07) is 12.0. The van der Waals surface area contributed by atoms with E-state index in [0.29, 0.717) is 6.42 Å². The summed E-state index contributed by atoms with van der Waals surface area (Å²) in [7, 11) is 0. The van der Waals surface area contributed by atoms with Gasteiger partial charge in [-0.3, -0.25) is 10.3 Å². The van der Waals surface area contributed by atoms with Crippen molar-refractivity contribution >= 4 is 5.70 Å². The molecule has 0 saturated heterocycles. The van der Waals surface area contributed by atoms with Gasteiger partial charge in [-0.1, -0.05) is 30.3 Å². The Balaban J connectivity index is 2.15. The van der Waals surface area contributed by atoms with E-state index in [1.165, 1.54) is 0 Å². The Bertz CT molecular complexity index is 378. The minimum absolute atomic E-state index is 0.129. The van der Waals surface area contributed by atoms with Crippen LogP contribution in [0.4, 0.5) is 0 Å². The fraction of sp³-hybridized carbons (Fsp3) is 0.182. The van der Waals surface area contributed by atoms with Gasteiger partial charge in [-0.2, -0.15) is 5.26 Å². The third kappa shape index (κ3) is 1.76. The molecule has 1 N–H and O–H groups in total. The van der Waals surface area contributed by atoms with Gasteiger partial charge < -0.3 is 0 Å². The average Bonchev–Trinajstić information content (AvgIpc) is 2.68. The van der Waals surface area contributed by atoms with Crippen molar-refractivity contribution in [3.8, 4) is 6.07 Å². The number of nitrogens with one attached hydrogen (secondary N) is 1. The number of hydrogen-bond acceptors (Lipinski definition) is 3. The van der Waals surface area contributed by atoms with Crippen molar-refractivity contribution in [2.75, 3.05) is 0 Å². The predicted octanol–water partition coefficient (Wildman–Crippen LogP) is 1.84. The fourth-order valence-corrected chi connectivity index (χ4v) is 1.36. The molecule has 0 radical (unpaired) electrons. The lowest BCUT2D eigenvalue weighted by molar-refractivity contribution is 0.0544. The van der Waals surface area contributed by atoms with Crippen molar-refractivity contribution in [2.24, 2.45) is 0 Å². The number of rotatable bonds is 2. The van der Waals surface area contributed by atoms with Gasteiger partial charge in [-0.25, -0.2) is 0 Å². The van der Waals surface area contributed by atoms with E-state index in [1.807, 2.05) is 36.4 Å². The van der Waals surface area contributed by atoms with E-state index in [9.17, 15) is 0 Å². The summed E-state index contributed by atoms with van der Waals surface area (Å²) in [6.07, 6.45) is 2.18. The van der Waals surface area contributed by atoms with Crippen LogP contribution in [0.15, 0.2) is 36.4 Å². The van der Waals surface area contributed by atoms with Gasteiger partial charge in [-0.05, 0) is 11.6 Å². The minimum atomic E-state index is -0.129. The average molecular weight is 186 g/mol. The molecular weight excluding hydrogens is 176 g/mol. The third-order valence-corrected chi connectivity index (χ3v) is 2.05. The molecule has 14 heavy (non-hydrogen) atoms. The highest BCUT2D eigenvalue weighted by Crippen LogP contribution is 2.18. The zero-order valence-electron chi connectivity index (χ0n) is 7.60. The summed E-state index contributed by atoms with van der Waals surface area (Å²) in [6.45, 7) is 0. The van der Waals surface area contributed by atoms with Crippen molar-refractivity contribution in [1.29, 1.82) is 5.26 Å².